The van der Waals surface area contributed by atoms with Crippen LogP contribution in [0.1, 0.15) is 47.6 Å². The minimum absolute atomic E-state index is 0.0454. The number of benzene rings is 1. The van der Waals surface area contributed by atoms with Crippen LogP contribution in [0.4, 0.5) is 8.78 Å². The maximum atomic E-state index is 14.8. The second-order valence-electron chi connectivity index (χ2n) is 8.34. The molecule has 2 atom stereocenters. The largest absolute Gasteiger partial charge is 0.481 e. The van der Waals surface area contributed by atoms with Gasteiger partial charge in [-0.3, -0.25) is 0 Å². The molecule has 34 heavy (non-hydrogen) atoms. The van der Waals surface area contributed by atoms with Crippen LogP contribution in [0.25, 0.3) is 22.4 Å². The number of hydrogen-bond acceptors (Lipinski definition) is 7. The highest BCUT2D eigenvalue weighted by molar-refractivity contribution is 5.87. The average molecular weight is 463 g/mol. The van der Waals surface area contributed by atoms with Crippen molar-refractivity contribution in [2.24, 2.45) is 0 Å². The lowest BCUT2D eigenvalue weighted by molar-refractivity contribution is 0.00379. The zero-order chi connectivity index (χ0) is 23.8. The zero-order valence-corrected chi connectivity index (χ0v) is 19.0. The lowest BCUT2D eigenvalue weighted by Crippen LogP contribution is -2.21. The highest BCUT2D eigenvalue weighted by Gasteiger charge is 2.29. The number of aromatic nitrogens is 5. The summed E-state index contributed by atoms with van der Waals surface area (Å²) in [4.78, 5) is 22.9. The van der Waals surface area contributed by atoms with E-state index < -0.39 is 11.6 Å². The number of aryl methyl sites for hydroxylation is 2. The first-order valence-electron chi connectivity index (χ1n) is 11.0. The van der Waals surface area contributed by atoms with Crippen molar-refractivity contribution in [1.29, 1.82) is 0 Å². The van der Waals surface area contributed by atoms with Crippen LogP contribution in [0.2, 0.25) is 0 Å². The molecule has 4 heterocycles. The fourth-order valence-electron chi connectivity index (χ4n) is 4.15. The van der Waals surface area contributed by atoms with Gasteiger partial charge in [-0.25, -0.2) is 33.7 Å². The normalized spacial score (nSPS) is 18.3. The van der Waals surface area contributed by atoms with Crippen molar-refractivity contribution in [3.8, 4) is 17.1 Å². The molecule has 0 spiro atoms. The predicted octanol–water partition coefficient (Wildman–Crippen LogP) is 5.02. The molecule has 0 radical (unpaired) electrons. The Balaban J connectivity index is 1.58. The molecule has 3 aromatic heterocycles. The molecule has 1 saturated heterocycles. The van der Waals surface area contributed by atoms with Gasteiger partial charge in [0.05, 0.1) is 24.6 Å². The first-order chi connectivity index (χ1) is 16.4. The summed E-state index contributed by atoms with van der Waals surface area (Å²) in [6.45, 7) is 4.19. The van der Waals surface area contributed by atoms with Crippen molar-refractivity contribution in [3.63, 3.8) is 0 Å². The minimum Gasteiger partial charge on any atom is -0.481 e. The van der Waals surface area contributed by atoms with Gasteiger partial charge in [0.15, 0.2) is 5.65 Å². The number of pyridine rings is 1. The van der Waals surface area contributed by atoms with Gasteiger partial charge in [-0.15, -0.1) is 0 Å². The SMILES string of the molecule is COc1ccc([C@@H]2C[C@H](c3nc(-c4ccc(F)cc4F)c4nc(C)c(C)nc4n3)CCO2)cn1. The highest BCUT2D eigenvalue weighted by atomic mass is 19.1. The van der Waals surface area contributed by atoms with Crippen LogP contribution in [0.15, 0.2) is 36.5 Å². The first kappa shape index (κ1) is 22.2. The van der Waals surface area contributed by atoms with E-state index in [4.69, 9.17) is 19.4 Å². The summed E-state index contributed by atoms with van der Waals surface area (Å²) >= 11 is 0. The summed E-state index contributed by atoms with van der Waals surface area (Å²) in [7, 11) is 1.57. The van der Waals surface area contributed by atoms with Crippen LogP contribution in [0.5, 0.6) is 5.88 Å². The molecule has 0 amide bonds. The Morgan fingerprint density at radius 2 is 1.82 bits per heavy atom. The fourth-order valence-corrected chi connectivity index (χ4v) is 4.15. The van der Waals surface area contributed by atoms with Gasteiger partial charge in [0.2, 0.25) is 5.88 Å². The van der Waals surface area contributed by atoms with E-state index in [1.807, 2.05) is 19.9 Å². The van der Waals surface area contributed by atoms with Gasteiger partial charge >= 0.3 is 0 Å². The summed E-state index contributed by atoms with van der Waals surface area (Å²) in [5, 5.41) is 0. The maximum Gasteiger partial charge on any atom is 0.212 e. The van der Waals surface area contributed by atoms with Crippen LogP contribution in [-0.2, 0) is 4.74 Å². The van der Waals surface area contributed by atoms with Gasteiger partial charge in [-0.2, -0.15) is 0 Å². The zero-order valence-electron chi connectivity index (χ0n) is 19.0. The number of halogens is 2. The molecular weight excluding hydrogens is 440 g/mol. The van der Waals surface area contributed by atoms with Gasteiger partial charge in [-0.05, 0) is 50.5 Å². The molecule has 0 aliphatic carbocycles. The van der Waals surface area contributed by atoms with E-state index in [9.17, 15) is 8.78 Å². The number of rotatable bonds is 4. The van der Waals surface area contributed by atoms with Crippen LogP contribution >= 0.6 is 0 Å². The third-order valence-corrected chi connectivity index (χ3v) is 6.14. The second-order valence-corrected chi connectivity index (χ2v) is 8.34. The quantitative estimate of drug-likeness (QED) is 0.420. The summed E-state index contributed by atoms with van der Waals surface area (Å²) < 4.78 is 39.5. The van der Waals surface area contributed by atoms with E-state index in [0.29, 0.717) is 53.7 Å². The molecule has 0 bridgehead atoms. The van der Waals surface area contributed by atoms with Crippen LogP contribution in [0, 0.1) is 25.5 Å². The van der Waals surface area contributed by atoms with Crippen molar-refractivity contribution in [2.45, 2.75) is 38.7 Å². The molecule has 0 saturated carbocycles. The standard InChI is InChI=1S/C25H23F2N5O2/c1-13-14(2)30-25-23(29-13)22(18-6-5-17(26)11-19(18)27)31-24(32-25)15-8-9-34-20(10-15)16-4-7-21(33-3)28-12-16/h4-7,11-12,15,20H,8-10H2,1-3H3/t15-,20+/m1/s1. The predicted molar refractivity (Wildman–Crippen MR) is 121 cm³/mol. The Labute approximate surface area is 195 Å². The van der Waals surface area contributed by atoms with Crippen LogP contribution in [-0.4, -0.2) is 38.6 Å². The summed E-state index contributed by atoms with van der Waals surface area (Å²) in [6.07, 6.45) is 2.89. The van der Waals surface area contributed by atoms with Gasteiger partial charge in [0, 0.05) is 36.4 Å². The summed E-state index contributed by atoms with van der Waals surface area (Å²) in [5.74, 6) is -0.336. The van der Waals surface area contributed by atoms with Crippen molar-refractivity contribution in [1.82, 2.24) is 24.9 Å². The van der Waals surface area contributed by atoms with Crippen molar-refractivity contribution in [2.75, 3.05) is 13.7 Å². The van der Waals surface area contributed by atoms with Gasteiger partial charge in [-0.1, -0.05) is 0 Å². The van der Waals surface area contributed by atoms with Crippen LogP contribution < -0.4 is 4.74 Å². The van der Waals surface area contributed by atoms with E-state index in [0.717, 1.165) is 17.3 Å². The van der Waals surface area contributed by atoms with Crippen molar-refractivity contribution >= 4 is 11.2 Å². The molecule has 7 nitrogen and oxygen atoms in total. The van der Waals surface area contributed by atoms with Crippen LogP contribution in [0.3, 0.4) is 0 Å². The number of ether oxygens (including phenoxy) is 2. The lowest BCUT2D eigenvalue weighted by Gasteiger charge is -2.29. The Bertz CT molecular complexity index is 1360. The molecule has 0 unspecified atom stereocenters. The Hall–Kier alpha value is -3.59. The highest BCUT2D eigenvalue weighted by Crippen LogP contribution is 2.38. The number of hydrogen-bond donors (Lipinski definition) is 0. The first-order valence-corrected chi connectivity index (χ1v) is 11.0. The van der Waals surface area contributed by atoms with Gasteiger partial charge in [0.25, 0.3) is 0 Å². The van der Waals surface area contributed by atoms with E-state index in [1.54, 1.807) is 19.4 Å². The minimum atomic E-state index is -0.708. The van der Waals surface area contributed by atoms with Crippen molar-refractivity contribution in [3.05, 3.63) is 70.9 Å². The van der Waals surface area contributed by atoms with Crippen molar-refractivity contribution < 1.29 is 18.3 Å². The fraction of sp³-hybridized carbons (Fsp3) is 0.320. The number of nitrogens with zero attached hydrogens (tertiary/aromatic N) is 5. The molecule has 5 rings (SSSR count). The monoisotopic (exact) mass is 463 g/mol. The summed E-state index contributed by atoms with van der Waals surface area (Å²) in [5.41, 5.74) is 3.61. The van der Waals surface area contributed by atoms with E-state index in [2.05, 4.69) is 15.0 Å². The Morgan fingerprint density at radius 3 is 2.56 bits per heavy atom. The average Bonchev–Trinajstić information content (AvgIpc) is 2.84. The third kappa shape index (κ3) is 4.19. The molecule has 1 aromatic carbocycles. The maximum absolute atomic E-state index is 14.8. The lowest BCUT2D eigenvalue weighted by atomic mass is 9.91. The third-order valence-electron chi connectivity index (χ3n) is 6.14. The molecule has 0 N–H and O–H groups in total. The molecule has 1 fully saturated rings. The topological polar surface area (TPSA) is 82.9 Å². The van der Waals surface area contributed by atoms with E-state index in [-0.39, 0.29) is 17.6 Å². The summed E-state index contributed by atoms with van der Waals surface area (Å²) in [6, 6.07) is 7.16. The molecule has 1 aliphatic heterocycles. The smallest absolute Gasteiger partial charge is 0.212 e. The Morgan fingerprint density at radius 1 is 1.00 bits per heavy atom. The van der Waals surface area contributed by atoms with E-state index in [1.165, 1.54) is 12.1 Å². The molecule has 9 heteroatoms. The van der Waals surface area contributed by atoms with E-state index >= 15 is 0 Å². The molecule has 4 aromatic rings. The van der Waals surface area contributed by atoms with Gasteiger partial charge in [0.1, 0.15) is 28.7 Å². The van der Waals surface area contributed by atoms with Gasteiger partial charge < -0.3 is 9.47 Å². The molecule has 1 aliphatic rings. The number of fused-ring (bicyclic) bond motifs is 1. The Kier molecular flexibility index (Phi) is 5.87. The molecule has 174 valence electrons. The molecular formula is C25H23F2N5O2. The second kappa shape index (κ2) is 8.98. The number of methoxy groups -OCH3 is 1.